The lowest BCUT2D eigenvalue weighted by atomic mass is 9.88. The molecular formula is C16H23NO3. The van der Waals surface area contributed by atoms with E-state index in [1.165, 1.54) is 0 Å². The summed E-state index contributed by atoms with van der Waals surface area (Å²) < 4.78 is 0. The fourth-order valence-corrected chi connectivity index (χ4v) is 2.67. The van der Waals surface area contributed by atoms with E-state index in [2.05, 4.69) is 4.90 Å². The number of carbonyl (C=O) groups excluding carboxylic acids is 1. The smallest absolute Gasteiger partial charge is 0.166 e. The minimum absolute atomic E-state index is 0.0644. The molecule has 4 heteroatoms. The highest BCUT2D eigenvalue weighted by molar-refractivity contribution is 5.98. The van der Waals surface area contributed by atoms with Crippen molar-refractivity contribution in [1.82, 2.24) is 4.90 Å². The standard InChI is InChI=1S/C16H23NO3/c1-2-14(18)11-17-9-7-13(8-10-17)16(20)12-3-5-15(19)6-4-12/h3-6,13-14,18-19H,2,7-11H2,1H3/t14-/m1/s1. The van der Waals surface area contributed by atoms with Crippen molar-refractivity contribution in [3.63, 3.8) is 0 Å². The number of phenolic OH excluding ortho intramolecular Hbond substituents is 1. The Morgan fingerprint density at radius 1 is 1.30 bits per heavy atom. The molecule has 20 heavy (non-hydrogen) atoms. The van der Waals surface area contributed by atoms with Crippen LogP contribution in [-0.4, -0.2) is 46.6 Å². The fraction of sp³-hybridized carbons (Fsp3) is 0.562. The van der Waals surface area contributed by atoms with Crippen LogP contribution in [0.1, 0.15) is 36.5 Å². The molecule has 1 aliphatic heterocycles. The van der Waals surface area contributed by atoms with Crippen molar-refractivity contribution < 1.29 is 15.0 Å². The third-order valence-corrected chi connectivity index (χ3v) is 4.05. The minimum atomic E-state index is -0.264. The average molecular weight is 277 g/mol. The molecule has 1 aromatic carbocycles. The number of aliphatic hydroxyl groups excluding tert-OH is 1. The molecule has 0 bridgehead atoms. The first kappa shape index (κ1) is 15.0. The van der Waals surface area contributed by atoms with Gasteiger partial charge in [-0.05, 0) is 56.6 Å². The second-order valence-corrected chi connectivity index (χ2v) is 5.55. The second kappa shape index (κ2) is 6.86. The van der Waals surface area contributed by atoms with Gasteiger partial charge >= 0.3 is 0 Å². The van der Waals surface area contributed by atoms with Crippen LogP contribution < -0.4 is 0 Å². The molecule has 0 saturated carbocycles. The molecule has 4 nitrogen and oxygen atoms in total. The number of aromatic hydroxyl groups is 1. The lowest BCUT2D eigenvalue weighted by Crippen LogP contribution is -2.40. The molecule has 0 spiro atoms. The van der Waals surface area contributed by atoms with Gasteiger partial charge in [-0.1, -0.05) is 6.92 Å². The van der Waals surface area contributed by atoms with Crippen LogP contribution in [0, 0.1) is 5.92 Å². The maximum atomic E-state index is 12.3. The maximum absolute atomic E-state index is 12.3. The number of hydrogen-bond acceptors (Lipinski definition) is 4. The van der Waals surface area contributed by atoms with Crippen LogP contribution in [-0.2, 0) is 0 Å². The number of nitrogens with zero attached hydrogens (tertiary/aromatic N) is 1. The van der Waals surface area contributed by atoms with Crippen molar-refractivity contribution in [1.29, 1.82) is 0 Å². The average Bonchev–Trinajstić information content (AvgIpc) is 2.48. The van der Waals surface area contributed by atoms with Crippen LogP contribution in [0.2, 0.25) is 0 Å². The Kier molecular flexibility index (Phi) is 5.15. The quantitative estimate of drug-likeness (QED) is 0.809. The summed E-state index contributed by atoms with van der Waals surface area (Å²) in [4.78, 5) is 14.6. The molecule has 110 valence electrons. The number of piperidine rings is 1. The Hall–Kier alpha value is -1.39. The molecule has 1 fully saturated rings. The first-order valence-electron chi connectivity index (χ1n) is 7.33. The van der Waals surface area contributed by atoms with Gasteiger partial charge in [0.15, 0.2) is 5.78 Å². The van der Waals surface area contributed by atoms with Crippen LogP contribution in [0.15, 0.2) is 24.3 Å². The third kappa shape index (κ3) is 3.81. The Balaban J connectivity index is 1.87. The van der Waals surface area contributed by atoms with Gasteiger partial charge in [-0.25, -0.2) is 0 Å². The van der Waals surface area contributed by atoms with Crippen LogP contribution in [0.3, 0.4) is 0 Å². The van der Waals surface area contributed by atoms with Crippen molar-refractivity contribution in [3.8, 4) is 5.75 Å². The third-order valence-electron chi connectivity index (χ3n) is 4.05. The number of β-amino-alcohol motifs (C(OH)–C–C–N with tert-alkyl or cyclic N) is 1. The second-order valence-electron chi connectivity index (χ2n) is 5.55. The summed E-state index contributed by atoms with van der Waals surface area (Å²) in [6.45, 7) is 4.42. The van der Waals surface area contributed by atoms with Gasteiger partial charge in [0.25, 0.3) is 0 Å². The van der Waals surface area contributed by atoms with Crippen molar-refractivity contribution >= 4 is 5.78 Å². The summed E-state index contributed by atoms with van der Waals surface area (Å²) in [5.41, 5.74) is 0.676. The summed E-state index contributed by atoms with van der Waals surface area (Å²) in [5, 5.41) is 18.9. The van der Waals surface area contributed by atoms with Crippen LogP contribution in [0.5, 0.6) is 5.75 Å². The van der Waals surface area contributed by atoms with E-state index in [4.69, 9.17) is 0 Å². The number of benzene rings is 1. The summed E-state index contributed by atoms with van der Waals surface area (Å²) in [7, 11) is 0. The molecule has 2 N–H and O–H groups in total. The molecule has 0 amide bonds. The van der Waals surface area contributed by atoms with E-state index < -0.39 is 0 Å². The predicted octanol–water partition coefficient (Wildman–Crippen LogP) is 2.06. The highest BCUT2D eigenvalue weighted by Crippen LogP contribution is 2.23. The summed E-state index contributed by atoms with van der Waals surface area (Å²) in [5.74, 6) is 0.417. The maximum Gasteiger partial charge on any atom is 0.166 e. The van der Waals surface area contributed by atoms with E-state index in [1.807, 2.05) is 6.92 Å². The lowest BCUT2D eigenvalue weighted by molar-refractivity contribution is 0.0719. The molecule has 1 atom stereocenters. The normalized spacial score (nSPS) is 18.9. The van der Waals surface area contributed by atoms with E-state index in [0.717, 1.165) is 32.4 Å². The number of phenols is 1. The SMILES string of the molecule is CC[C@@H](O)CN1CCC(C(=O)c2ccc(O)cc2)CC1. The molecule has 1 aliphatic rings. The predicted molar refractivity (Wildman–Crippen MR) is 77.9 cm³/mol. The number of likely N-dealkylation sites (tertiary alicyclic amines) is 1. The van der Waals surface area contributed by atoms with Gasteiger partial charge in [0.2, 0.25) is 0 Å². The first-order valence-corrected chi connectivity index (χ1v) is 7.33. The Morgan fingerprint density at radius 3 is 2.45 bits per heavy atom. The molecule has 0 aliphatic carbocycles. The fourth-order valence-electron chi connectivity index (χ4n) is 2.67. The van der Waals surface area contributed by atoms with Gasteiger partial charge in [0.05, 0.1) is 6.10 Å². The van der Waals surface area contributed by atoms with Gasteiger partial charge in [0.1, 0.15) is 5.75 Å². The molecule has 0 radical (unpaired) electrons. The van der Waals surface area contributed by atoms with E-state index in [0.29, 0.717) is 12.1 Å². The molecule has 0 aromatic heterocycles. The van der Waals surface area contributed by atoms with E-state index in [1.54, 1.807) is 24.3 Å². The van der Waals surface area contributed by atoms with Gasteiger partial charge in [-0.15, -0.1) is 0 Å². The highest BCUT2D eigenvalue weighted by atomic mass is 16.3. The largest absolute Gasteiger partial charge is 0.508 e. The van der Waals surface area contributed by atoms with Crippen LogP contribution in [0.4, 0.5) is 0 Å². The molecule has 1 aromatic rings. The first-order chi connectivity index (χ1) is 9.60. The van der Waals surface area contributed by atoms with Crippen LogP contribution in [0.25, 0.3) is 0 Å². The zero-order chi connectivity index (χ0) is 14.5. The molecule has 0 unspecified atom stereocenters. The highest BCUT2D eigenvalue weighted by Gasteiger charge is 2.26. The van der Waals surface area contributed by atoms with Crippen molar-refractivity contribution in [2.75, 3.05) is 19.6 Å². The topological polar surface area (TPSA) is 60.8 Å². The molecular weight excluding hydrogens is 254 g/mol. The van der Waals surface area contributed by atoms with E-state index in [9.17, 15) is 15.0 Å². The monoisotopic (exact) mass is 277 g/mol. The summed E-state index contributed by atoms with van der Waals surface area (Å²) in [6, 6.07) is 6.48. The zero-order valence-electron chi connectivity index (χ0n) is 12.0. The lowest BCUT2D eigenvalue weighted by Gasteiger charge is -2.32. The number of rotatable bonds is 5. The number of hydrogen-bond donors (Lipinski definition) is 2. The Morgan fingerprint density at radius 2 is 1.90 bits per heavy atom. The van der Waals surface area contributed by atoms with Crippen molar-refractivity contribution in [3.05, 3.63) is 29.8 Å². The van der Waals surface area contributed by atoms with Crippen LogP contribution >= 0.6 is 0 Å². The van der Waals surface area contributed by atoms with Gasteiger partial charge in [-0.2, -0.15) is 0 Å². The number of carbonyl (C=O) groups is 1. The van der Waals surface area contributed by atoms with E-state index in [-0.39, 0.29) is 23.6 Å². The summed E-state index contributed by atoms with van der Waals surface area (Å²) in [6.07, 6.45) is 2.19. The van der Waals surface area contributed by atoms with Gasteiger partial charge < -0.3 is 15.1 Å². The van der Waals surface area contributed by atoms with Crippen molar-refractivity contribution in [2.24, 2.45) is 5.92 Å². The number of aliphatic hydroxyl groups is 1. The van der Waals surface area contributed by atoms with Gasteiger partial charge in [0, 0.05) is 18.0 Å². The van der Waals surface area contributed by atoms with Crippen molar-refractivity contribution in [2.45, 2.75) is 32.3 Å². The molecule has 1 saturated heterocycles. The Labute approximate surface area is 120 Å². The zero-order valence-corrected chi connectivity index (χ0v) is 12.0. The minimum Gasteiger partial charge on any atom is -0.508 e. The van der Waals surface area contributed by atoms with Gasteiger partial charge in [-0.3, -0.25) is 4.79 Å². The van der Waals surface area contributed by atoms with E-state index >= 15 is 0 Å². The Bertz CT molecular complexity index is 436. The molecule has 2 rings (SSSR count). The number of ketones is 1. The summed E-state index contributed by atoms with van der Waals surface area (Å²) >= 11 is 0. The number of Topliss-reactive ketones (excluding diaryl/α,β-unsaturated/α-hetero) is 1. The molecule has 1 heterocycles.